The van der Waals surface area contributed by atoms with Crippen LogP contribution in [0.3, 0.4) is 0 Å². The number of hydrogen-bond donors (Lipinski definition) is 1. The highest BCUT2D eigenvalue weighted by molar-refractivity contribution is 7.15. The van der Waals surface area contributed by atoms with Gasteiger partial charge in [0.1, 0.15) is 0 Å². The van der Waals surface area contributed by atoms with E-state index >= 15 is 0 Å². The molecular weight excluding hydrogens is 292 g/mol. The third-order valence-electron chi connectivity index (χ3n) is 3.98. The van der Waals surface area contributed by atoms with Gasteiger partial charge in [-0.25, -0.2) is 0 Å². The zero-order valence-corrected chi connectivity index (χ0v) is 13.9. The van der Waals surface area contributed by atoms with Crippen molar-refractivity contribution in [3.8, 4) is 10.4 Å². The van der Waals surface area contributed by atoms with Gasteiger partial charge in [-0.3, -0.25) is 4.90 Å². The molecule has 2 aromatic rings. The largest absolute Gasteiger partial charge is 0.379 e. The molecule has 4 heteroatoms. The van der Waals surface area contributed by atoms with Crippen molar-refractivity contribution >= 4 is 11.3 Å². The second-order valence-electron chi connectivity index (χ2n) is 5.83. The van der Waals surface area contributed by atoms with E-state index in [1.54, 1.807) is 0 Å². The molecule has 118 valence electrons. The summed E-state index contributed by atoms with van der Waals surface area (Å²) < 4.78 is 5.39. The zero-order valence-electron chi connectivity index (χ0n) is 13.1. The van der Waals surface area contributed by atoms with Gasteiger partial charge >= 0.3 is 0 Å². The Labute approximate surface area is 136 Å². The monoisotopic (exact) mass is 316 g/mol. The molecule has 1 fully saturated rings. The summed E-state index contributed by atoms with van der Waals surface area (Å²) in [5.74, 6) is 0. The molecule has 0 radical (unpaired) electrons. The first-order chi connectivity index (χ1) is 10.8. The number of nitrogens with zero attached hydrogens (tertiary/aromatic N) is 1. The van der Waals surface area contributed by atoms with Crippen LogP contribution in [0.4, 0.5) is 0 Å². The van der Waals surface area contributed by atoms with Crippen molar-refractivity contribution in [3.63, 3.8) is 0 Å². The molecule has 1 aromatic heterocycles. The second-order valence-corrected chi connectivity index (χ2v) is 7.00. The summed E-state index contributed by atoms with van der Waals surface area (Å²) in [6, 6.07) is 15.6. The lowest BCUT2D eigenvalue weighted by atomic mass is 10.2. The predicted octanol–water partition coefficient (Wildman–Crippen LogP) is 3.23. The smallest absolute Gasteiger partial charge is 0.0594 e. The van der Waals surface area contributed by atoms with E-state index in [-0.39, 0.29) is 0 Å². The third-order valence-corrected chi connectivity index (χ3v) is 5.11. The van der Waals surface area contributed by atoms with Crippen LogP contribution in [0.1, 0.15) is 11.8 Å². The second kappa shape index (κ2) is 7.88. The van der Waals surface area contributed by atoms with Crippen LogP contribution in [0, 0.1) is 0 Å². The van der Waals surface area contributed by atoms with Gasteiger partial charge in [-0.2, -0.15) is 0 Å². The summed E-state index contributed by atoms with van der Waals surface area (Å²) in [5, 5.41) is 3.64. The summed E-state index contributed by atoms with van der Waals surface area (Å²) in [6.45, 7) is 8.17. The topological polar surface area (TPSA) is 24.5 Å². The van der Waals surface area contributed by atoms with Crippen molar-refractivity contribution in [2.45, 2.75) is 19.5 Å². The van der Waals surface area contributed by atoms with E-state index in [1.165, 1.54) is 15.3 Å². The van der Waals surface area contributed by atoms with E-state index in [1.807, 2.05) is 11.3 Å². The molecule has 1 aromatic carbocycles. The lowest BCUT2D eigenvalue weighted by Gasteiger charge is -2.29. The van der Waals surface area contributed by atoms with Crippen LogP contribution in [0.15, 0.2) is 42.5 Å². The number of rotatable bonds is 6. The van der Waals surface area contributed by atoms with Crippen LogP contribution in [0.2, 0.25) is 0 Å². The highest BCUT2D eigenvalue weighted by atomic mass is 32.1. The Bertz CT molecular complexity index is 563. The van der Waals surface area contributed by atoms with Crippen molar-refractivity contribution in [1.82, 2.24) is 10.2 Å². The fourth-order valence-electron chi connectivity index (χ4n) is 2.74. The van der Waals surface area contributed by atoms with E-state index in [0.717, 1.165) is 39.4 Å². The lowest BCUT2D eigenvalue weighted by Crippen LogP contribution is -2.44. The number of nitrogens with one attached hydrogen (secondary N) is 1. The average Bonchev–Trinajstić information content (AvgIpc) is 3.04. The number of benzene rings is 1. The Balaban J connectivity index is 1.48. The first kappa shape index (κ1) is 15.7. The SMILES string of the molecule is CC(CN1CCOCC1)NCc1ccc(-c2ccccc2)s1. The fraction of sp³-hybridized carbons (Fsp3) is 0.444. The number of hydrogen-bond acceptors (Lipinski definition) is 4. The van der Waals surface area contributed by atoms with Crippen LogP contribution in [-0.2, 0) is 11.3 Å². The molecule has 2 heterocycles. The Morgan fingerprint density at radius 3 is 2.68 bits per heavy atom. The highest BCUT2D eigenvalue weighted by Gasteiger charge is 2.13. The summed E-state index contributed by atoms with van der Waals surface area (Å²) in [7, 11) is 0. The van der Waals surface area contributed by atoms with Crippen LogP contribution in [0.25, 0.3) is 10.4 Å². The minimum Gasteiger partial charge on any atom is -0.379 e. The first-order valence-electron chi connectivity index (χ1n) is 7.99. The van der Waals surface area contributed by atoms with Crippen LogP contribution >= 0.6 is 11.3 Å². The third kappa shape index (κ3) is 4.40. The molecule has 0 saturated carbocycles. The standard InChI is InChI=1S/C18H24N2OS/c1-15(14-20-9-11-21-12-10-20)19-13-17-7-8-18(22-17)16-5-3-2-4-6-16/h2-8,15,19H,9-14H2,1H3. The zero-order chi connectivity index (χ0) is 15.2. The van der Waals surface area contributed by atoms with E-state index in [4.69, 9.17) is 4.74 Å². The van der Waals surface area contributed by atoms with Crippen molar-refractivity contribution in [3.05, 3.63) is 47.3 Å². The van der Waals surface area contributed by atoms with Gasteiger partial charge in [-0.15, -0.1) is 11.3 Å². The molecule has 3 rings (SSSR count). The van der Waals surface area contributed by atoms with Crippen molar-refractivity contribution < 1.29 is 4.74 Å². The Hall–Kier alpha value is -1.20. The Morgan fingerprint density at radius 2 is 1.91 bits per heavy atom. The van der Waals surface area contributed by atoms with Gasteiger partial charge in [0.05, 0.1) is 13.2 Å². The molecule has 1 unspecified atom stereocenters. The van der Waals surface area contributed by atoms with Gasteiger partial charge in [0.2, 0.25) is 0 Å². The molecule has 0 aliphatic carbocycles. The maximum Gasteiger partial charge on any atom is 0.0594 e. The molecule has 1 atom stereocenters. The van der Waals surface area contributed by atoms with Gasteiger partial charge in [0.15, 0.2) is 0 Å². The van der Waals surface area contributed by atoms with E-state index in [9.17, 15) is 0 Å². The maximum atomic E-state index is 5.39. The molecule has 22 heavy (non-hydrogen) atoms. The van der Waals surface area contributed by atoms with Gasteiger partial charge in [0, 0.05) is 42.0 Å². The van der Waals surface area contributed by atoms with E-state index in [2.05, 4.69) is 59.6 Å². The van der Waals surface area contributed by atoms with Gasteiger partial charge in [-0.05, 0) is 24.6 Å². The number of morpholine rings is 1. The molecule has 3 nitrogen and oxygen atoms in total. The van der Waals surface area contributed by atoms with Crippen molar-refractivity contribution in [2.24, 2.45) is 0 Å². The lowest BCUT2D eigenvalue weighted by molar-refractivity contribution is 0.0343. The normalized spacial score (nSPS) is 17.5. The van der Waals surface area contributed by atoms with Crippen LogP contribution < -0.4 is 5.32 Å². The average molecular weight is 316 g/mol. The maximum absolute atomic E-state index is 5.39. The van der Waals surface area contributed by atoms with Gasteiger partial charge < -0.3 is 10.1 Å². The van der Waals surface area contributed by atoms with Crippen molar-refractivity contribution in [1.29, 1.82) is 0 Å². The summed E-state index contributed by atoms with van der Waals surface area (Å²) >= 11 is 1.88. The van der Waals surface area contributed by atoms with Gasteiger partial charge in [0.25, 0.3) is 0 Å². The molecule has 1 aliphatic heterocycles. The molecule has 0 spiro atoms. The predicted molar refractivity (Wildman–Crippen MR) is 93.3 cm³/mol. The molecule has 1 saturated heterocycles. The molecule has 0 bridgehead atoms. The summed E-state index contributed by atoms with van der Waals surface area (Å²) in [6.07, 6.45) is 0. The molecule has 0 amide bonds. The number of ether oxygens (including phenoxy) is 1. The summed E-state index contributed by atoms with van der Waals surface area (Å²) in [5.41, 5.74) is 1.31. The Morgan fingerprint density at radius 1 is 1.14 bits per heavy atom. The van der Waals surface area contributed by atoms with Crippen LogP contribution in [0.5, 0.6) is 0 Å². The minimum atomic E-state index is 0.500. The first-order valence-corrected chi connectivity index (χ1v) is 8.80. The summed E-state index contributed by atoms with van der Waals surface area (Å²) in [4.78, 5) is 5.22. The molecule has 1 aliphatic rings. The van der Waals surface area contributed by atoms with E-state index in [0.29, 0.717) is 6.04 Å². The van der Waals surface area contributed by atoms with E-state index < -0.39 is 0 Å². The van der Waals surface area contributed by atoms with Gasteiger partial charge in [-0.1, -0.05) is 30.3 Å². The highest BCUT2D eigenvalue weighted by Crippen LogP contribution is 2.27. The molecule has 1 N–H and O–H groups in total. The fourth-order valence-corrected chi connectivity index (χ4v) is 3.70. The Kier molecular flexibility index (Phi) is 5.62. The minimum absolute atomic E-state index is 0.500. The van der Waals surface area contributed by atoms with Crippen LogP contribution in [-0.4, -0.2) is 43.8 Å². The number of thiophene rings is 1. The van der Waals surface area contributed by atoms with Crippen molar-refractivity contribution in [2.75, 3.05) is 32.8 Å². The quantitative estimate of drug-likeness (QED) is 0.885. The molecular formula is C18H24N2OS.